The lowest BCUT2D eigenvalue weighted by Crippen LogP contribution is -2.23. The number of hydrogen-bond donors (Lipinski definition) is 0. The number of nitriles is 1. The number of aryl methyl sites for hydroxylation is 1. The van der Waals surface area contributed by atoms with E-state index >= 15 is 0 Å². The molecule has 0 atom stereocenters. The second-order valence-electron chi connectivity index (χ2n) is 6.74. The molecule has 0 amide bonds. The minimum absolute atomic E-state index is 0.0942. The van der Waals surface area contributed by atoms with Crippen LogP contribution in [0.4, 0.5) is 0 Å². The number of hydrogen-bond acceptors (Lipinski definition) is 5. The fraction of sp³-hybridized carbons (Fsp3) is 0.0833. The number of rotatable bonds is 5. The number of para-hydroxylation sites is 2. The highest BCUT2D eigenvalue weighted by molar-refractivity contribution is 7.99. The van der Waals surface area contributed by atoms with Crippen LogP contribution in [0, 0.1) is 18.3 Å². The highest BCUT2D eigenvalue weighted by Gasteiger charge is 2.16. The van der Waals surface area contributed by atoms with Gasteiger partial charge in [-0.3, -0.25) is 14.2 Å². The smallest absolute Gasteiger partial charge is 0.266 e. The van der Waals surface area contributed by atoms with Gasteiger partial charge in [0, 0.05) is 5.56 Å². The van der Waals surface area contributed by atoms with E-state index in [-0.39, 0.29) is 17.1 Å². The Morgan fingerprint density at radius 2 is 1.73 bits per heavy atom. The van der Waals surface area contributed by atoms with Gasteiger partial charge in [-0.25, -0.2) is 4.98 Å². The van der Waals surface area contributed by atoms with Crippen molar-refractivity contribution in [1.29, 1.82) is 5.26 Å². The summed E-state index contributed by atoms with van der Waals surface area (Å²) in [4.78, 5) is 30.6. The lowest BCUT2D eigenvalue weighted by molar-refractivity contribution is 0.102. The fourth-order valence-corrected chi connectivity index (χ4v) is 4.08. The Labute approximate surface area is 177 Å². The number of fused-ring (bicyclic) bond motifs is 1. The third-order valence-corrected chi connectivity index (χ3v) is 5.71. The lowest BCUT2D eigenvalue weighted by atomic mass is 10.1. The Balaban J connectivity index is 1.75. The Morgan fingerprint density at radius 1 is 1.03 bits per heavy atom. The van der Waals surface area contributed by atoms with E-state index in [9.17, 15) is 9.59 Å². The standard InChI is InChI=1S/C24H17N3O2S/c1-16-6-2-5-9-21(16)27-23(29)19-7-3-4-8-20(19)26-24(27)30-15-22(28)18-12-10-17(14-25)11-13-18/h2-13H,15H2,1H3. The maximum atomic E-state index is 13.3. The van der Waals surface area contributed by atoms with Gasteiger partial charge in [-0.05, 0) is 42.8 Å². The van der Waals surface area contributed by atoms with Crippen molar-refractivity contribution >= 4 is 28.4 Å². The van der Waals surface area contributed by atoms with E-state index in [1.165, 1.54) is 11.8 Å². The molecule has 0 aliphatic heterocycles. The minimum atomic E-state index is -0.164. The SMILES string of the molecule is Cc1ccccc1-n1c(SCC(=O)c2ccc(C#N)cc2)nc2ccccc2c1=O. The van der Waals surface area contributed by atoms with Crippen LogP contribution < -0.4 is 5.56 Å². The molecule has 5 nitrogen and oxygen atoms in total. The molecular weight excluding hydrogens is 394 g/mol. The molecule has 146 valence electrons. The number of carbonyl (C=O) groups excluding carboxylic acids is 1. The van der Waals surface area contributed by atoms with Gasteiger partial charge < -0.3 is 0 Å². The maximum absolute atomic E-state index is 13.3. The van der Waals surface area contributed by atoms with Gasteiger partial charge in [0.25, 0.3) is 5.56 Å². The van der Waals surface area contributed by atoms with Crippen LogP contribution in [0.3, 0.4) is 0 Å². The molecule has 1 aromatic heterocycles. The molecule has 0 N–H and O–H groups in total. The van der Waals surface area contributed by atoms with E-state index < -0.39 is 0 Å². The fourth-order valence-electron chi connectivity index (χ4n) is 3.18. The first kappa shape index (κ1) is 19.6. The van der Waals surface area contributed by atoms with Gasteiger partial charge in [-0.2, -0.15) is 5.26 Å². The van der Waals surface area contributed by atoms with Crippen LogP contribution in [0.25, 0.3) is 16.6 Å². The summed E-state index contributed by atoms with van der Waals surface area (Å²) >= 11 is 1.23. The molecule has 4 aromatic rings. The molecule has 0 saturated heterocycles. The van der Waals surface area contributed by atoms with Crippen LogP contribution in [0.2, 0.25) is 0 Å². The minimum Gasteiger partial charge on any atom is -0.293 e. The summed E-state index contributed by atoms with van der Waals surface area (Å²) in [5.74, 6) is 0.0333. The van der Waals surface area contributed by atoms with E-state index in [4.69, 9.17) is 5.26 Å². The summed E-state index contributed by atoms with van der Waals surface area (Å²) in [6.07, 6.45) is 0. The molecule has 0 radical (unpaired) electrons. The highest BCUT2D eigenvalue weighted by atomic mass is 32.2. The predicted octanol–water partition coefficient (Wildman–Crippen LogP) is 4.54. The molecule has 0 fully saturated rings. The number of carbonyl (C=O) groups is 1. The van der Waals surface area contributed by atoms with Gasteiger partial charge in [-0.15, -0.1) is 0 Å². The average Bonchev–Trinajstić information content (AvgIpc) is 2.78. The molecule has 0 spiro atoms. The van der Waals surface area contributed by atoms with E-state index in [1.807, 2.05) is 49.4 Å². The summed E-state index contributed by atoms with van der Waals surface area (Å²) in [7, 11) is 0. The summed E-state index contributed by atoms with van der Waals surface area (Å²) in [5.41, 5.74) is 3.14. The molecule has 0 saturated carbocycles. The van der Waals surface area contributed by atoms with Gasteiger partial charge in [-0.1, -0.05) is 54.2 Å². The quantitative estimate of drug-likeness (QED) is 0.274. The average molecular weight is 411 g/mol. The normalized spacial score (nSPS) is 10.7. The maximum Gasteiger partial charge on any atom is 0.266 e. The first-order chi connectivity index (χ1) is 14.6. The van der Waals surface area contributed by atoms with Gasteiger partial charge in [0.2, 0.25) is 0 Å². The zero-order valence-corrected chi connectivity index (χ0v) is 17.0. The van der Waals surface area contributed by atoms with Gasteiger partial charge in [0.05, 0.1) is 34.0 Å². The molecule has 4 rings (SSSR count). The van der Waals surface area contributed by atoms with Crippen molar-refractivity contribution < 1.29 is 4.79 Å². The van der Waals surface area contributed by atoms with Crippen LogP contribution in [0.15, 0.2) is 82.7 Å². The van der Waals surface area contributed by atoms with Crippen molar-refractivity contribution in [1.82, 2.24) is 9.55 Å². The second-order valence-corrected chi connectivity index (χ2v) is 7.68. The predicted molar refractivity (Wildman–Crippen MR) is 118 cm³/mol. The second kappa shape index (κ2) is 8.36. The van der Waals surface area contributed by atoms with Crippen LogP contribution in [-0.2, 0) is 0 Å². The third-order valence-electron chi connectivity index (χ3n) is 4.77. The molecule has 0 aliphatic rings. The van der Waals surface area contributed by atoms with Crippen molar-refractivity contribution in [2.45, 2.75) is 12.1 Å². The van der Waals surface area contributed by atoms with Gasteiger partial charge in [0.15, 0.2) is 10.9 Å². The summed E-state index contributed by atoms with van der Waals surface area (Å²) in [6, 6.07) is 23.4. The molecule has 0 unspecified atom stereocenters. The largest absolute Gasteiger partial charge is 0.293 e. The highest BCUT2D eigenvalue weighted by Crippen LogP contribution is 2.24. The van der Waals surface area contributed by atoms with Crippen LogP contribution in [-0.4, -0.2) is 21.1 Å². The van der Waals surface area contributed by atoms with Crippen LogP contribution in [0.5, 0.6) is 0 Å². The van der Waals surface area contributed by atoms with E-state index in [2.05, 4.69) is 4.98 Å². The number of nitrogens with zero attached hydrogens (tertiary/aromatic N) is 3. The molecule has 6 heteroatoms. The number of aromatic nitrogens is 2. The number of thioether (sulfide) groups is 1. The summed E-state index contributed by atoms with van der Waals surface area (Å²) < 4.78 is 1.58. The molecule has 1 heterocycles. The van der Waals surface area contributed by atoms with E-state index in [0.29, 0.717) is 27.2 Å². The Hall–Kier alpha value is -3.69. The topological polar surface area (TPSA) is 75.8 Å². The molecule has 30 heavy (non-hydrogen) atoms. The first-order valence-corrected chi connectivity index (χ1v) is 10.3. The van der Waals surface area contributed by atoms with E-state index in [0.717, 1.165) is 11.3 Å². The number of benzene rings is 3. The number of ketones is 1. The van der Waals surface area contributed by atoms with Crippen molar-refractivity contribution in [2.75, 3.05) is 5.75 Å². The van der Waals surface area contributed by atoms with Gasteiger partial charge >= 0.3 is 0 Å². The molecule has 3 aromatic carbocycles. The van der Waals surface area contributed by atoms with Crippen LogP contribution >= 0.6 is 11.8 Å². The van der Waals surface area contributed by atoms with Crippen LogP contribution in [0.1, 0.15) is 21.5 Å². The Kier molecular flexibility index (Phi) is 5.46. The van der Waals surface area contributed by atoms with Gasteiger partial charge in [0.1, 0.15) is 0 Å². The third kappa shape index (κ3) is 3.76. The summed E-state index contributed by atoms with van der Waals surface area (Å²) in [5, 5.41) is 9.91. The molecule has 0 aliphatic carbocycles. The van der Waals surface area contributed by atoms with Crippen molar-refractivity contribution in [2.24, 2.45) is 0 Å². The molecular formula is C24H17N3O2S. The van der Waals surface area contributed by atoms with E-state index in [1.54, 1.807) is 41.0 Å². The summed E-state index contributed by atoms with van der Waals surface area (Å²) in [6.45, 7) is 1.94. The Bertz CT molecular complexity index is 1350. The zero-order chi connectivity index (χ0) is 21.1. The monoisotopic (exact) mass is 411 g/mol. The molecule has 0 bridgehead atoms. The first-order valence-electron chi connectivity index (χ1n) is 9.32. The number of Topliss-reactive ketones (excluding diaryl/α,β-unsaturated/α-hetero) is 1. The Morgan fingerprint density at radius 3 is 2.47 bits per heavy atom. The van der Waals surface area contributed by atoms with Crippen molar-refractivity contribution in [3.8, 4) is 11.8 Å². The van der Waals surface area contributed by atoms with Crippen molar-refractivity contribution in [3.63, 3.8) is 0 Å². The lowest BCUT2D eigenvalue weighted by Gasteiger charge is -2.15. The zero-order valence-electron chi connectivity index (χ0n) is 16.2. The van der Waals surface area contributed by atoms with Crippen molar-refractivity contribution in [3.05, 3.63) is 99.8 Å².